The van der Waals surface area contributed by atoms with Crippen LogP contribution in [0, 0.1) is 0 Å². The molecule has 140 valence electrons. The molecule has 0 radical (unpaired) electrons. The molecule has 1 aliphatic carbocycles. The first-order valence-electron chi connectivity index (χ1n) is 10.00. The van der Waals surface area contributed by atoms with Crippen LogP contribution < -0.4 is 0 Å². The lowest BCUT2D eigenvalue weighted by Crippen LogP contribution is -1.84. The van der Waals surface area contributed by atoms with Crippen LogP contribution in [0.15, 0.2) is 89.4 Å². The van der Waals surface area contributed by atoms with E-state index in [1.807, 2.05) is 12.1 Å². The molecule has 0 nitrogen and oxygen atoms in total. The largest absolute Gasteiger partial charge is 0.0843 e. The van der Waals surface area contributed by atoms with Gasteiger partial charge in [-0.1, -0.05) is 82.1 Å². The predicted octanol–water partition coefficient (Wildman–Crippen LogP) is 9.36. The SMILES string of the molecule is Clc1ccc2c(ccc3c4cc5c(cc4ccc23)-c2ccc(Br)c3cccc-5c23)c1. The Morgan fingerprint density at radius 3 is 2.07 bits per heavy atom. The molecule has 0 atom stereocenters. The summed E-state index contributed by atoms with van der Waals surface area (Å²) >= 11 is 9.95. The average molecular weight is 466 g/mol. The summed E-state index contributed by atoms with van der Waals surface area (Å²) in [5, 5.41) is 11.0. The number of fused-ring (bicyclic) bond motifs is 8. The number of hydrogen-bond donors (Lipinski definition) is 0. The highest BCUT2D eigenvalue weighted by molar-refractivity contribution is 9.10. The molecule has 1 aliphatic rings. The van der Waals surface area contributed by atoms with E-state index in [1.165, 1.54) is 65.3 Å². The van der Waals surface area contributed by atoms with Crippen LogP contribution in [-0.2, 0) is 0 Å². The second kappa shape index (κ2) is 5.85. The van der Waals surface area contributed by atoms with Gasteiger partial charge in [-0.2, -0.15) is 0 Å². The lowest BCUT2D eigenvalue weighted by molar-refractivity contribution is 1.73. The normalized spacial score (nSPS) is 12.3. The first kappa shape index (κ1) is 16.9. The number of rotatable bonds is 0. The van der Waals surface area contributed by atoms with Crippen molar-refractivity contribution in [2.45, 2.75) is 0 Å². The van der Waals surface area contributed by atoms with Crippen LogP contribution in [0.4, 0.5) is 0 Å². The molecule has 0 amide bonds. The van der Waals surface area contributed by atoms with Crippen LogP contribution in [-0.4, -0.2) is 0 Å². The van der Waals surface area contributed by atoms with Crippen molar-refractivity contribution in [1.82, 2.24) is 0 Å². The van der Waals surface area contributed by atoms with E-state index in [9.17, 15) is 0 Å². The topological polar surface area (TPSA) is 0 Å². The minimum absolute atomic E-state index is 0.775. The first-order valence-corrected chi connectivity index (χ1v) is 11.2. The molecule has 0 unspecified atom stereocenters. The van der Waals surface area contributed by atoms with E-state index in [0.29, 0.717) is 0 Å². The zero-order valence-electron chi connectivity index (χ0n) is 15.8. The van der Waals surface area contributed by atoms with Gasteiger partial charge in [0.05, 0.1) is 0 Å². The summed E-state index contributed by atoms with van der Waals surface area (Å²) in [5.41, 5.74) is 5.30. The maximum atomic E-state index is 6.22. The molecule has 6 aromatic carbocycles. The lowest BCUT2D eigenvalue weighted by Gasteiger charge is -2.11. The van der Waals surface area contributed by atoms with Crippen molar-refractivity contribution in [3.63, 3.8) is 0 Å². The van der Waals surface area contributed by atoms with Crippen LogP contribution in [0.2, 0.25) is 5.02 Å². The molecule has 0 saturated carbocycles. The second-order valence-electron chi connectivity index (χ2n) is 8.03. The van der Waals surface area contributed by atoms with Crippen LogP contribution >= 0.6 is 27.5 Å². The van der Waals surface area contributed by atoms with Crippen LogP contribution in [0.1, 0.15) is 0 Å². The highest BCUT2D eigenvalue weighted by Gasteiger charge is 2.23. The molecule has 7 rings (SSSR count). The van der Waals surface area contributed by atoms with E-state index >= 15 is 0 Å². The molecule has 0 saturated heterocycles. The molecule has 0 fully saturated rings. The van der Waals surface area contributed by atoms with Gasteiger partial charge in [0.25, 0.3) is 0 Å². The van der Waals surface area contributed by atoms with Crippen molar-refractivity contribution >= 4 is 70.6 Å². The average Bonchev–Trinajstić information content (AvgIpc) is 3.08. The second-order valence-corrected chi connectivity index (χ2v) is 9.32. The van der Waals surface area contributed by atoms with E-state index in [4.69, 9.17) is 11.6 Å². The van der Waals surface area contributed by atoms with Gasteiger partial charge in [-0.15, -0.1) is 0 Å². The van der Waals surface area contributed by atoms with Gasteiger partial charge >= 0.3 is 0 Å². The summed E-state index contributed by atoms with van der Waals surface area (Å²) < 4.78 is 1.15. The molecular weight excluding hydrogens is 452 g/mol. The predicted molar refractivity (Wildman–Crippen MR) is 134 cm³/mol. The zero-order valence-corrected chi connectivity index (χ0v) is 18.2. The molecule has 0 aliphatic heterocycles. The van der Waals surface area contributed by atoms with Crippen molar-refractivity contribution < 1.29 is 0 Å². The molecule has 0 spiro atoms. The van der Waals surface area contributed by atoms with Crippen molar-refractivity contribution in [3.05, 3.63) is 94.4 Å². The molecule has 0 heterocycles. The third kappa shape index (κ3) is 2.12. The summed E-state index contributed by atoms with van der Waals surface area (Å²) in [7, 11) is 0. The van der Waals surface area contributed by atoms with Gasteiger partial charge in [-0.05, 0) is 95.7 Å². The van der Waals surface area contributed by atoms with Gasteiger partial charge in [0.1, 0.15) is 0 Å². The number of hydrogen-bond acceptors (Lipinski definition) is 0. The van der Waals surface area contributed by atoms with Gasteiger partial charge in [0, 0.05) is 9.50 Å². The van der Waals surface area contributed by atoms with Crippen molar-refractivity contribution in [2.75, 3.05) is 0 Å². The Kier molecular flexibility index (Phi) is 3.29. The first-order chi connectivity index (χ1) is 14.7. The van der Waals surface area contributed by atoms with Gasteiger partial charge in [0.15, 0.2) is 0 Å². The van der Waals surface area contributed by atoms with Gasteiger partial charge < -0.3 is 0 Å². The maximum absolute atomic E-state index is 6.22. The smallest absolute Gasteiger partial charge is 0.0412 e. The van der Waals surface area contributed by atoms with Crippen molar-refractivity contribution in [2.24, 2.45) is 0 Å². The maximum Gasteiger partial charge on any atom is 0.0412 e. The Labute approximate surface area is 186 Å². The van der Waals surface area contributed by atoms with Gasteiger partial charge in [0.2, 0.25) is 0 Å². The van der Waals surface area contributed by atoms with E-state index < -0.39 is 0 Å². The van der Waals surface area contributed by atoms with Gasteiger partial charge in [-0.3, -0.25) is 0 Å². The molecular formula is C28H14BrCl. The molecule has 6 aromatic rings. The van der Waals surface area contributed by atoms with Crippen LogP contribution in [0.3, 0.4) is 0 Å². The zero-order chi connectivity index (χ0) is 20.0. The highest BCUT2D eigenvalue weighted by atomic mass is 79.9. The van der Waals surface area contributed by atoms with Crippen LogP contribution in [0.25, 0.3) is 65.3 Å². The lowest BCUT2D eigenvalue weighted by atomic mass is 9.93. The standard InChI is InChI=1S/C28H14BrCl/c29-27-11-10-22-25-13-16-5-7-19-18-9-6-17(30)12-15(18)4-8-20(19)24(16)14-26(25)21-2-1-3-23(27)28(21)22/h1-14H. The molecule has 2 heteroatoms. The third-order valence-corrected chi connectivity index (χ3v) is 7.43. The molecule has 0 aromatic heterocycles. The van der Waals surface area contributed by atoms with E-state index in [-0.39, 0.29) is 0 Å². The summed E-state index contributed by atoms with van der Waals surface area (Å²) in [5.74, 6) is 0. The fourth-order valence-corrected chi connectivity index (χ4v) is 5.81. The quantitative estimate of drug-likeness (QED) is 0.196. The monoisotopic (exact) mass is 464 g/mol. The minimum Gasteiger partial charge on any atom is -0.0843 e. The van der Waals surface area contributed by atoms with E-state index in [0.717, 1.165) is 9.50 Å². The fraction of sp³-hybridized carbons (Fsp3) is 0. The Morgan fingerprint density at radius 2 is 1.20 bits per heavy atom. The third-order valence-electron chi connectivity index (χ3n) is 6.50. The summed E-state index contributed by atoms with van der Waals surface area (Å²) in [6.45, 7) is 0. The Balaban J connectivity index is 1.62. The Bertz CT molecular complexity index is 1710. The summed E-state index contributed by atoms with van der Waals surface area (Å²) in [6, 6.07) is 30.8. The van der Waals surface area contributed by atoms with Crippen molar-refractivity contribution in [3.8, 4) is 22.3 Å². The fourth-order valence-electron chi connectivity index (χ4n) is 5.17. The minimum atomic E-state index is 0.775. The van der Waals surface area contributed by atoms with Gasteiger partial charge in [-0.25, -0.2) is 0 Å². The van der Waals surface area contributed by atoms with Crippen molar-refractivity contribution in [1.29, 1.82) is 0 Å². The van der Waals surface area contributed by atoms with Crippen LogP contribution in [0.5, 0.6) is 0 Å². The summed E-state index contributed by atoms with van der Waals surface area (Å²) in [6.07, 6.45) is 0. The van der Waals surface area contributed by atoms with E-state index in [2.05, 4.69) is 88.7 Å². The molecule has 0 bridgehead atoms. The number of benzene rings is 6. The Hall–Kier alpha value is -2.87. The number of halogens is 2. The summed E-state index contributed by atoms with van der Waals surface area (Å²) in [4.78, 5) is 0. The highest BCUT2D eigenvalue weighted by Crippen LogP contribution is 2.50. The molecule has 0 N–H and O–H groups in total. The van der Waals surface area contributed by atoms with E-state index in [1.54, 1.807) is 0 Å². The Morgan fingerprint density at radius 1 is 0.500 bits per heavy atom. The molecule has 30 heavy (non-hydrogen) atoms.